The number of benzene rings is 1. The maximum atomic E-state index is 12.6. The Morgan fingerprint density at radius 3 is 2.59 bits per heavy atom. The summed E-state index contributed by atoms with van der Waals surface area (Å²) in [7, 11) is 0.320. The van der Waals surface area contributed by atoms with Gasteiger partial charge in [0.05, 0.1) is 29.0 Å². The Morgan fingerprint density at radius 2 is 1.94 bits per heavy atom. The van der Waals surface area contributed by atoms with E-state index in [1.165, 1.54) is 16.2 Å². The van der Waals surface area contributed by atoms with Crippen LogP contribution in [0.3, 0.4) is 0 Å². The molecule has 4 rings (SSSR count). The van der Waals surface area contributed by atoms with Gasteiger partial charge in [-0.15, -0.1) is 11.3 Å². The Balaban J connectivity index is 1.32. The molecule has 2 saturated heterocycles. The summed E-state index contributed by atoms with van der Waals surface area (Å²) in [5.41, 5.74) is 6.77. The number of ether oxygens (including phenoxy) is 1. The molecule has 2 fully saturated rings. The number of hydrogen-bond acceptors (Lipinski definition) is 7. The summed E-state index contributed by atoms with van der Waals surface area (Å²) < 4.78 is 11.1. The van der Waals surface area contributed by atoms with Crippen molar-refractivity contribution < 1.29 is 23.8 Å². The number of nitrogens with one attached hydrogen (secondary N) is 1. The summed E-state index contributed by atoms with van der Waals surface area (Å²) >= 11 is 7.04. The van der Waals surface area contributed by atoms with Gasteiger partial charge in [-0.25, -0.2) is 4.79 Å². The Bertz CT molecular complexity index is 1000. The monoisotopic (exact) mass is 476 g/mol. The van der Waals surface area contributed by atoms with Gasteiger partial charge < -0.3 is 25.3 Å². The van der Waals surface area contributed by atoms with Crippen LogP contribution in [0.25, 0.3) is 0 Å². The number of hydrogen-bond donors (Lipinski definition) is 2. The fourth-order valence-corrected chi connectivity index (χ4v) is 4.70. The average molecular weight is 477 g/mol. The number of amides is 3. The van der Waals surface area contributed by atoms with E-state index in [9.17, 15) is 14.4 Å². The van der Waals surface area contributed by atoms with E-state index in [2.05, 4.69) is 5.32 Å². The van der Waals surface area contributed by atoms with Crippen LogP contribution in [0, 0.1) is 0 Å². The lowest BCUT2D eigenvalue weighted by Gasteiger charge is -2.19. The minimum absolute atomic E-state index is 0.00890. The molecule has 0 unspecified atom stereocenters. The van der Waals surface area contributed by atoms with Crippen molar-refractivity contribution in [3.63, 3.8) is 0 Å². The zero-order chi connectivity index (χ0) is 22.7. The number of halogens is 1. The third-order valence-electron chi connectivity index (χ3n) is 5.39. The van der Waals surface area contributed by atoms with Crippen molar-refractivity contribution in [1.29, 1.82) is 0 Å². The number of carbonyl (C=O) groups is 3. The molecule has 0 aliphatic carbocycles. The van der Waals surface area contributed by atoms with Gasteiger partial charge in [0.2, 0.25) is 5.91 Å². The molecule has 0 spiro atoms. The fraction of sp³-hybridized carbons (Fsp3) is 0.350. The van der Waals surface area contributed by atoms with E-state index < -0.39 is 12.2 Å². The van der Waals surface area contributed by atoms with Crippen LogP contribution in [-0.4, -0.2) is 57.9 Å². The maximum absolute atomic E-state index is 12.6. The van der Waals surface area contributed by atoms with Crippen LogP contribution in [0.4, 0.5) is 16.2 Å². The summed E-state index contributed by atoms with van der Waals surface area (Å²) in [6.07, 6.45) is -0.234. The second-order valence-corrected chi connectivity index (χ2v) is 9.17. The van der Waals surface area contributed by atoms with E-state index in [0.29, 0.717) is 41.9 Å². The molecule has 0 bridgehead atoms. The number of carbonyl (C=O) groups excluding carboxylic acids is 3. The highest BCUT2D eigenvalue weighted by Crippen LogP contribution is 2.31. The van der Waals surface area contributed by atoms with Gasteiger partial charge in [-0.1, -0.05) is 11.6 Å². The molecule has 3 N–H and O–H groups in total. The molecular weight excluding hydrogens is 455 g/mol. The molecule has 168 valence electrons. The van der Waals surface area contributed by atoms with Crippen LogP contribution in [0.15, 0.2) is 36.4 Å². The van der Waals surface area contributed by atoms with Gasteiger partial charge in [-0.2, -0.15) is 0 Å². The normalized spacial score (nSPS) is 20.6. The van der Waals surface area contributed by atoms with E-state index in [1.54, 1.807) is 29.2 Å². The first-order valence-electron chi connectivity index (χ1n) is 10.2. The van der Waals surface area contributed by atoms with Crippen LogP contribution in [0.1, 0.15) is 16.1 Å². The Morgan fingerprint density at radius 1 is 1.22 bits per heavy atom. The number of anilines is 2. The van der Waals surface area contributed by atoms with Crippen molar-refractivity contribution in [3.05, 3.63) is 45.6 Å². The zero-order valence-corrected chi connectivity index (χ0v) is 18.7. The molecule has 0 saturated carbocycles. The van der Waals surface area contributed by atoms with Crippen molar-refractivity contribution in [3.8, 4) is 0 Å². The number of rotatable bonds is 8. The largest absolute Gasteiger partial charge is 0.442 e. The molecule has 12 heteroatoms. The van der Waals surface area contributed by atoms with Gasteiger partial charge in [0.25, 0.3) is 13.4 Å². The molecule has 9 nitrogen and oxygen atoms in total. The third-order valence-corrected chi connectivity index (χ3v) is 6.62. The predicted octanol–water partition coefficient (Wildman–Crippen LogP) is 1.97. The molecule has 2 aliphatic heterocycles. The molecule has 3 heterocycles. The quantitative estimate of drug-likeness (QED) is 0.445. The number of thiophene rings is 1. The summed E-state index contributed by atoms with van der Waals surface area (Å²) in [5, 5.41) is 2.76. The van der Waals surface area contributed by atoms with Gasteiger partial charge in [0, 0.05) is 23.7 Å². The van der Waals surface area contributed by atoms with Crippen LogP contribution < -0.4 is 20.9 Å². The molecule has 1 aromatic heterocycles. The van der Waals surface area contributed by atoms with Gasteiger partial charge in [-0.3, -0.25) is 14.5 Å². The highest BCUT2D eigenvalue weighted by atomic mass is 35.5. The van der Waals surface area contributed by atoms with Crippen LogP contribution >= 0.6 is 22.9 Å². The lowest BCUT2D eigenvalue weighted by Crippen LogP contribution is -2.34. The van der Waals surface area contributed by atoms with Crippen molar-refractivity contribution in [2.24, 2.45) is 5.73 Å². The predicted molar refractivity (Wildman–Crippen MR) is 124 cm³/mol. The zero-order valence-electron chi connectivity index (χ0n) is 17.2. The molecule has 2 atom stereocenters. The topological polar surface area (TPSA) is 114 Å². The number of nitrogens with two attached hydrogens (primary N) is 1. The van der Waals surface area contributed by atoms with Gasteiger partial charge in [0.15, 0.2) is 0 Å². The molecular formula is C20H22BClN4O5S. The Labute approximate surface area is 194 Å². The minimum Gasteiger partial charge on any atom is -0.442 e. The maximum Gasteiger partial charge on any atom is 0.414 e. The van der Waals surface area contributed by atoms with Crippen molar-refractivity contribution >= 4 is 59.7 Å². The Kier molecular flexibility index (Phi) is 6.99. The van der Waals surface area contributed by atoms with E-state index in [-0.39, 0.29) is 30.9 Å². The van der Waals surface area contributed by atoms with Crippen molar-refractivity contribution in [2.75, 3.05) is 36.2 Å². The number of cyclic esters (lactones) is 1. The smallest absolute Gasteiger partial charge is 0.414 e. The standard InChI is InChI=1S/C20H22BClN4O5S/c22-17-6-5-16(32-17)18(27)24-9-14-10-26(20(29)31-14)13-3-1-12(2-4-13)25-8-7-15(19(25)28)21-30-11-23/h1-6,14-15,21H,7-11,23H2,(H,24,27)/t14-,15+/m0/s1. The third kappa shape index (κ3) is 4.91. The average Bonchev–Trinajstić information content (AvgIpc) is 3.49. The lowest BCUT2D eigenvalue weighted by molar-refractivity contribution is -0.117. The molecule has 3 amide bonds. The highest BCUT2D eigenvalue weighted by molar-refractivity contribution is 7.18. The summed E-state index contributed by atoms with van der Waals surface area (Å²) in [4.78, 5) is 40.8. The van der Waals surface area contributed by atoms with E-state index in [1.807, 2.05) is 12.1 Å². The first-order chi connectivity index (χ1) is 15.5. The van der Waals surface area contributed by atoms with Crippen LogP contribution in [0.2, 0.25) is 10.2 Å². The van der Waals surface area contributed by atoms with E-state index >= 15 is 0 Å². The summed E-state index contributed by atoms with van der Waals surface area (Å²) in [6, 6.07) is 10.5. The number of nitrogens with zero attached hydrogens (tertiary/aromatic N) is 2. The molecule has 32 heavy (non-hydrogen) atoms. The molecule has 1 aromatic carbocycles. The van der Waals surface area contributed by atoms with Gasteiger partial charge in [-0.05, 0) is 42.8 Å². The second kappa shape index (κ2) is 9.91. The summed E-state index contributed by atoms with van der Waals surface area (Å²) in [5.74, 6) is -0.436. The Hall–Kier alpha value is -2.60. The summed E-state index contributed by atoms with van der Waals surface area (Å²) in [6.45, 7) is 1.21. The van der Waals surface area contributed by atoms with Crippen LogP contribution in [0.5, 0.6) is 0 Å². The minimum atomic E-state index is -0.479. The first-order valence-corrected chi connectivity index (χ1v) is 11.4. The van der Waals surface area contributed by atoms with Crippen molar-refractivity contribution in [1.82, 2.24) is 5.32 Å². The van der Waals surface area contributed by atoms with Crippen LogP contribution in [-0.2, 0) is 14.2 Å². The SMILES string of the molecule is NCOB[C@@H]1CCN(c2ccc(N3C[C@H](CNC(=O)c4ccc(Cl)s4)OC3=O)cc2)C1=O. The fourth-order valence-electron chi connectivity index (χ4n) is 3.74. The molecule has 2 aliphatic rings. The van der Waals surface area contributed by atoms with Gasteiger partial charge in [0.1, 0.15) is 6.10 Å². The second-order valence-electron chi connectivity index (χ2n) is 7.46. The molecule has 0 radical (unpaired) electrons. The van der Waals surface area contributed by atoms with E-state index in [0.717, 1.165) is 5.69 Å². The van der Waals surface area contributed by atoms with Gasteiger partial charge >= 0.3 is 6.09 Å². The first kappa shape index (κ1) is 22.6. The lowest BCUT2D eigenvalue weighted by atomic mass is 9.79. The van der Waals surface area contributed by atoms with Crippen molar-refractivity contribution in [2.45, 2.75) is 18.3 Å². The van der Waals surface area contributed by atoms with E-state index in [4.69, 9.17) is 26.7 Å². The highest BCUT2D eigenvalue weighted by Gasteiger charge is 2.35. The molecule has 2 aromatic rings.